The van der Waals surface area contributed by atoms with Crippen molar-refractivity contribution in [3.63, 3.8) is 0 Å². The summed E-state index contributed by atoms with van der Waals surface area (Å²) in [6, 6.07) is 0. The van der Waals surface area contributed by atoms with Gasteiger partial charge in [-0.1, -0.05) is 13.2 Å². The molecule has 0 amide bonds. The Morgan fingerprint density at radius 1 is 1.55 bits per heavy atom. The van der Waals surface area contributed by atoms with Crippen molar-refractivity contribution in [2.75, 3.05) is 0 Å². The van der Waals surface area contributed by atoms with Crippen LogP contribution < -0.4 is 10.6 Å². The second-order valence-electron chi connectivity index (χ2n) is 4.40. The van der Waals surface area contributed by atoms with Gasteiger partial charge in [-0.15, -0.1) is 3.89 Å². The summed E-state index contributed by atoms with van der Waals surface area (Å²) in [5, 5.41) is 7.85. The average Bonchev–Trinajstić information content (AvgIpc) is 3.13. The van der Waals surface area contributed by atoms with Crippen LogP contribution in [0.4, 0.5) is 9.70 Å². The Kier molecular flexibility index (Phi) is 5.11. The molecule has 0 aromatic carbocycles. The predicted octanol–water partition coefficient (Wildman–Crippen LogP) is 2.45. The molecule has 0 radical (unpaired) electrons. The van der Waals surface area contributed by atoms with Crippen LogP contribution in [0, 0.1) is 6.92 Å². The molecule has 0 spiro atoms. The number of aliphatic imine (C=N–C) groups is 2. The fraction of sp³-hybridized carbons (Fsp3) is 0.133. The Labute approximate surface area is 132 Å². The number of allylic oxidation sites excluding steroid dienone is 1. The summed E-state index contributed by atoms with van der Waals surface area (Å²) < 4.78 is 14.8. The molecule has 114 valence electrons. The van der Waals surface area contributed by atoms with Crippen LogP contribution in [-0.4, -0.2) is 26.1 Å². The van der Waals surface area contributed by atoms with Crippen molar-refractivity contribution in [2.24, 2.45) is 9.98 Å². The fourth-order valence-electron chi connectivity index (χ4n) is 1.92. The van der Waals surface area contributed by atoms with Crippen LogP contribution in [-0.2, 0) is 0 Å². The molecule has 22 heavy (non-hydrogen) atoms. The van der Waals surface area contributed by atoms with Crippen molar-refractivity contribution < 1.29 is 3.89 Å². The van der Waals surface area contributed by atoms with Gasteiger partial charge in [-0.2, -0.15) is 5.10 Å². The lowest BCUT2D eigenvalue weighted by Gasteiger charge is -2.02. The molecule has 0 aliphatic heterocycles. The van der Waals surface area contributed by atoms with Gasteiger partial charge in [0.2, 0.25) is 0 Å². The van der Waals surface area contributed by atoms with Gasteiger partial charge in [0.25, 0.3) is 0 Å². The molecule has 0 aliphatic rings. The van der Waals surface area contributed by atoms with E-state index in [0.717, 1.165) is 11.1 Å². The first-order chi connectivity index (χ1) is 10.6. The van der Waals surface area contributed by atoms with E-state index in [0.29, 0.717) is 22.1 Å². The third-order valence-electron chi connectivity index (χ3n) is 3.14. The van der Waals surface area contributed by atoms with Gasteiger partial charge < -0.3 is 0 Å². The van der Waals surface area contributed by atoms with Crippen LogP contribution in [0.25, 0.3) is 12.8 Å². The first-order valence-corrected chi connectivity index (χ1v) is 7.19. The standard InChI is InChI=1S/C15H16FN5S/c1-5-13(12-7-18-19-8-12)20-15-11(4)10(3)14(9-17-6-2)21(15)22-16/h5-9H,1,3H2,2,4H3,(H,18,19)/b14-9+,17-6?,20-13+. The van der Waals surface area contributed by atoms with Crippen LogP contribution >= 0.6 is 12.3 Å². The zero-order valence-electron chi connectivity index (χ0n) is 12.4. The van der Waals surface area contributed by atoms with Gasteiger partial charge in [0.05, 0.1) is 23.5 Å². The summed E-state index contributed by atoms with van der Waals surface area (Å²) in [5.74, 6) is 0.464. The molecular weight excluding hydrogens is 301 g/mol. The average molecular weight is 317 g/mol. The maximum absolute atomic E-state index is 13.4. The molecule has 0 unspecified atom stereocenters. The zero-order valence-corrected chi connectivity index (χ0v) is 13.2. The summed E-state index contributed by atoms with van der Waals surface area (Å²) in [7, 11) is 0. The molecule has 2 heterocycles. The first-order valence-electron chi connectivity index (χ1n) is 6.51. The number of aromatic nitrogens is 3. The molecule has 2 rings (SSSR count). The van der Waals surface area contributed by atoms with Gasteiger partial charge >= 0.3 is 0 Å². The Balaban J connectivity index is 2.71. The molecule has 2 aromatic heterocycles. The summed E-state index contributed by atoms with van der Waals surface area (Å²) in [6.07, 6.45) is 8.11. The maximum Gasteiger partial charge on any atom is 0.171 e. The molecule has 5 nitrogen and oxygen atoms in total. The number of halogens is 1. The SMILES string of the molecule is C=C/C(=N\c1c(C)c(=C)/c(=C\N=CC)n1SF)c1cn[nH]c1. The van der Waals surface area contributed by atoms with Gasteiger partial charge in [-0.3, -0.25) is 10.1 Å². The van der Waals surface area contributed by atoms with Crippen LogP contribution in [0.3, 0.4) is 0 Å². The fourth-order valence-corrected chi connectivity index (χ4v) is 2.40. The van der Waals surface area contributed by atoms with E-state index in [1.54, 1.807) is 37.8 Å². The normalized spacial score (nSPS) is 13.2. The Bertz CT molecular complexity index is 830. The number of hydrogen-bond acceptors (Lipinski definition) is 4. The molecule has 1 N–H and O–H groups in total. The van der Waals surface area contributed by atoms with Crippen molar-refractivity contribution >= 4 is 42.9 Å². The highest BCUT2D eigenvalue weighted by Crippen LogP contribution is 2.21. The Morgan fingerprint density at radius 3 is 2.86 bits per heavy atom. The van der Waals surface area contributed by atoms with Crippen molar-refractivity contribution in [2.45, 2.75) is 13.8 Å². The third-order valence-corrected chi connectivity index (χ3v) is 3.64. The predicted molar refractivity (Wildman–Crippen MR) is 91.7 cm³/mol. The molecule has 0 fully saturated rings. The van der Waals surface area contributed by atoms with Crippen molar-refractivity contribution in [3.8, 4) is 0 Å². The number of nitrogens with one attached hydrogen (secondary N) is 1. The van der Waals surface area contributed by atoms with Crippen LogP contribution in [0.2, 0.25) is 0 Å². The molecular formula is C15H16FN5S. The van der Waals surface area contributed by atoms with E-state index in [1.165, 1.54) is 3.97 Å². The third kappa shape index (κ3) is 2.94. The highest BCUT2D eigenvalue weighted by atomic mass is 32.2. The van der Waals surface area contributed by atoms with Gasteiger partial charge in [-0.25, -0.2) is 8.96 Å². The summed E-state index contributed by atoms with van der Waals surface area (Å²) in [6.45, 7) is 11.4. The van der Waals surface area contributed by atoms with Gasteiger partial charge in [0, 0.05) is 28.8 Å². The maximum atomic E-state index is 13.4. The zero-order chi connectivity index (χ0) is 16.1. The molecule has 7 heteroatoms. The first kappa shape index (κ1) is 16.0. The summed E-state index contributed by atoms with van der Waals surface area (Å²) in [4.78, 5) is 8.55. The van der Waals surface area contributed by atoms with Crippen LogP contribution in [0.1, 0.15) is 18.1 Å². The Morgan fingerprint density at radius 2 is 2.32 bits per heavy atom. The van der Waals surface area contributed by atoms with E-state index in [1.807, 2.05) is 6.92 Å². The van der Waals surface area contributed by atoms with Gasteiger partial charge in [0.15, 0.2) is 12.3 Å². The monoisotopic (exact) mass is 317 g/mol. The van der Waals surface area contributed by atoms with E-state index in [9.17, 15) is 3.89 Å². The number of H-pyrrole nitrogens is 1. The number of rotatable bonds is 5. The highest BCUT2D eigenvalue weighted by molar-refractivity contribution is 7.92. The molecule has 0 aliphatic carbocycles. The van der Waals surface area contributed by atoms with E-state index in [4.69, 9.17) is 0 Å². The van der Waals surface area contributed by atoms with Gasteiger partial charge in [0.1, 0.15) is 5.82 Å². The largest absolute Gasteiger partial charge is 0.285 e. The van der Waals surface area contributed by atoms with E-state index < -0.39 is 0 Å². The van der Waals surface area contributed by atoms with Crippen molar-refractivity contribution in [1.29, 1.82) is 0 Å². The smallest absolute Gasteiger partial charge is 0.171 e. The highest BCUT2D eigenvalue weighted by Gasteiger charge is 2.12. The quantitative estimate of drug-likeness (QED) is 0.861. The number of aromatic amines is 1. The van der Waals surface area contributed by atoms with Gasteiger partial charge in [-0.05, 0) is 19.9 Å². The lowest BCUT2D eigenvalue weighted by molar-refractivity contribution is 0.911. The molecule has 0 atom stereocenters. The van der Waals surface area contributed by atoms with Crippen molar-refractivity contribution in [3.05, 3.63) is 46.7 Å². The van der Waals surface area contributed by atoms with E-state index in [2.05, 4.69) is 33.3 Å². The minimum absolute atomic E-state index is 0.0639. The lowest BCUT2D eigenvalue weighted by Crippen LogP contribution is -2.25. The lowest BCUT2D eigenvalue weighted by atomic mass is 10.2. The van der Waals surface area contributed by atoms with Crippen LogP contribution in [0.15, 0.2) is 35.0 Å². The minimum Gasteiger partial charge on any atom is -0.285 e. The molecule has 2 aromatic rings. The second kappa shape index (κ2) is 7.04. The minimum atomic E-state index is 0.0639. The van der Waals surface area contributed by atoms with E-state index >= 15 is 0 Å². The molecule has 0 bridgehead atoms. The molecule has 0 saturated carbocycles. The second-order valence-corrected chi connectivity index (χ2v) is 4.90. The summed E-state index contributed by atoms with van der Waals surface area (Å²) in [5.41, 5.74) is 2.15. The topological polar surface area (TPSA) is 58.3 Å². The molecule has 0 saturated heterocycles. The number of nitrogens with zero attached hydrogens (tertiary/aromatic N) is 4. The van der Waals surface area contributed by atoms with Crippen LogP contribution in [0.5, 0.6) is 0 Å². The Hall–Kier alpha value is -2.41. The van der Waals surface area contributed by atoms with Crippen molar-refractivity contribution in [1.82, 2.24) is 14.2 Å². The summed E-state index contributed by atoms with van der Waals surface area (Å²) >= 11 is 0.0639. The van der Waals surface area contributed by atoms with E-state index in [-0.39, 0.29) is 12.3 Å². The number of hydrogen-bond donors (Lipinski definition) is 1.